The van der Waals surface area contributed by atoms with E-state index in [0.29, 0.717) is 0 Å². The van der Waals surface area contributed by atoms with Gasteiger partial charge in [-0.05, 0) is 43.7 Å². The summed E-state index contributed by atoms with van der Waals surface area (Å²) < 4.78 is 0. The van der Waals surface area contributed by atoms with E-state index in [1.807, 2.05) is 67.8 Å². The molecule has 0 aliphatic carbocycles. The molecule has 2 aromatic carbocycles. The quantitative estimate of drug-likeness (QED) is 0.582. The van der Waals surface area contributed by atoms with Gasteiger partial charge < -0.3 is 10.6 Å². The molecular formula is C23H26N4O2S. The lowest BCUT2D eigenvalue weighted by molar-refractivity contribution is -0.123. The lowest BCUT2D eigenvalue weighted by atomic mass is 10.1. The second-order valence-corrected chi connectivity index (χ2v) is 8.18. The molecule has 0 spiro atoms. The second-order valence-electron chi connectivity index (χ2n) is 7.25. The Morgan fingerprint density at radius 3 is 2.47 bits per heavy atom. The molecule has 0 bridgehead atoms. The van der Waals surface area contributed by atoms with Gasteiger partial charge >= 0.3 is 0 Å². The first kappa shape index (κ1) is 21.7. The molecule has 1 heterocycles. The molecular weight excluding hydrogens is 396 g/mol. The first-order valence-corrected chi connectivity index (χ1v) is 10.6. The minimum Gasteiger partial charge on any atom is -0.342 e. The normalized spacial score (nSPS) is 11.9. The SMILES string of the molecule is Cc1cccc(NC(=O)CN(C)CC(=O)NC(c2ccccc2)c2nccs2)c1C. The van der Waals surface area contributed by atoms with Crippen LogP contribution in [0.5, 0.6) is 0 Å². The number of rotatable bonds is 8. The third-order valence-corrected chi connectivity index (χ3v) is 5.68. The fourth-order valence-electron chi connectivity index (χ4n) is 3.14. The number of carbonyl (C=O) groups excluding carboxylic acids is 2. The topological polar surface area (TPSA) is 74.3 Å². The molecule has 7 heteroatoms. The zero-order chi connectivity index (χ0) is 21.5. The van der Waals surface area contributed by atoms with Crippen LogP contribution in [0.3, 0.4) is 0 Å². The van der Waals surface area contributed by atoms with Gasteiger partial charge in [0.1, 0.15) is 11.0 Å². The summed E-state index contributed by atoms with van der Waals surface area (Å²) in [6, 6.07) is 15.2. The summed E-state index contributed by atoms with van der Waals surface area (Å²) in [5.41, 5.74) is 3.93. The van der Waals surface area contributed by atoms with Crippen LogP contribution in [0, 0.1) is 13.8 Å². The number of hydrogen-bond acceptors (Lipinski definition) is 5. The number of aryl methyl sites for hydroxylation is 1. The molecule has 0 radical (unpaired) electrons. The number of aromatic nitrogens is 1. The van der Waals surface area contributed by atoms with Crippen LogP contribution in [-0.2, 0) is 9.59 Å². The molecule has 0 saturated carbocycles. The Morgan fingerprint density at radius 1 is 1.03 bits per heavy atom. The maximum atomic E-state index is 12.7. The molecule has 2 N–H and O–H groups in total. The molecule has 3 rings (SSSR count). The van der Waals surface area contributed by atoms with Crippen LogP contribution in [0.15, 0.2) is 60.1 Å². The van der Waals surface area contributed by atoms with E-state index in [1.54, 1.807) is 18.1 Å². The number of nitrogens with zero attached hydrogens (tertiary/aromatic N) is 2. The van der Waals surface area contributed by atoms with E-state index in [-0.39, 0.29) is 30.9 Å². The third-order valence-electron chi connectivity index (χ3n) is 4.84. The Balaban J connectivity index is 1.58. The van der Waals surface area contributed by atoms with Crippen molar-refractivity contribution in [3.8, 4) is 0 Å². The van der Waals surface area contributed by atoms with Crippen LogP contribution in [0.4, 0.5) is 5.69 Å². The van der Waals surface area contributed by atoms with Gasteiger partial charge in [0.2, 0.25) is 11.8 Å². The number of hydrogen-bond donors (Lipinski definition) is 2. The lowest BCUT2D eigenvalue weighted by Gasteiger charge is -2.20. The summed E-state index contributed by atoms with van der Waals surface area (Å²) >= 11 is 1.50. The molecule has 30 heavy (non-hydrogen) atoms. The number of benzene rings is 2. The highest BCUT2D eigenvalue weighted by molar-refractivity contribution is 7.09. The number of anilines is 1. The van der Waals surface area contributed by atoms with Gasteiger partial charge in [-0.15, -0.1) is 11.3 Å². The van der Waals surface area contributed by atoms with Crippen molar-refractivity contribution in [2.24, 2.45) is 0 Å². The minimum absolute atomic E-state index is 0.106. The summed E-state index contributed by atoms with van der Waals surface area (Å²) in [5.74, 6) is -0.320. The Kier molecular flexibility index (Phi) is 7.32. The van der Waals surface area contributed by atoms with Crippen LogP contribution in [0.2, 0.25) is 0 Å². The Morgan fingerprint density at radius 2 is 1.77 bits per heavy atom. The Bertz CT molecular complexity index is 990. The van der Waals surface area contributed by atoms with Crippen molar-refractivity contribution in [2.45, 2.75) is 19.9 Å². The van der Waals surface area contributed by atoms with E-state index < -0.39 is 0 Å². The van der Waals surface area contributed by atoms with Crippen LogP contribution >= 0.6 is 11.3 Å². The van der Waals surface area contributed by atoms with Gasteiger partial charge in [-0.1, -0.05) is 42.5 Å². The fourth-order valence-corrected chi connectivity index (χ4v) is 3.85. The minimum atomic E-state index is -0.309. The summed E-state index contributed by atoms with van der Waals surface area (Å²) in [7, 11) is 1.75. The van der Waals surface area contributed by atoms with E-state index in [4.69, 9.17) is 0 Å². The maximum Gasteiger partial charge on any atom is 0.238 e. The number of amides is 2. The Labute approximate surface area is 181 Å². The van der Waals surface area contributed by atoms with Crippen molar-refractivity contribution >= 4 is 28.8 Å². The smallest absolute Gasteiger partial charge is 0.238 e. The zero-order valence-electron chi connectivity index (χ0n) is 17.4. The second kappa shape index (κ2) is 10.1. The van der Waals surface area contributed by atoms with Gasteiger partial charge in [0.25, 0.3) is 0 Å². The van der Waals surface area contributed by atoms with Crippen molar-refractivity contribution in [3.63, 3.8) is 0 Å². The van der Waals surface area contributed by atoms with E-state index in [1.165, 1.54) is 11.3 Å². The van der Waals surface area contributed by atoms with Gasteiger partial charge in [0.05, 0.1) is 13.1 Å². The monoisotopic (exact) mass is 422 g/mol. The average Bonchev–Trinajstić information content (AvgIpc) is 3.24. The highest BCUT2D eigenvalue weighted by Crippen LogP contribution is 2.23. The van der Waals surface area contributed by atoms with Crippen molar-refractivity contribution in [2.75, 3.05) is 25.5 Å². The van der Waals surface area contributed by atoms with Gasteiger partial charge in [-0.25, -0.2) is 4.98 Å². The van der Waals surface area contributed by atoms with Crippen LogP contribution < -0.4 is 10.6 Å². The summed E-state index contributed by atoms with van der Waals surface area (Å²) in [6.07, 6.45) is 1.73. The number of thiazole rings is 1. The van der Waals surface area contributed by atoms with Crippen LogP contribution in [-0.4, -0.2) is 41.8 Å². The van der Waals surface area contributed by atoms with E-state index in [0.717, 1.165) is 27.4 Å². The first-order chi connectivity index (χ1) is 14.4. The molecule has 1 aromatic heterocycles. The molecule has 2 amide bonds. The van der Waals surface area contributed by atoms with Crippen molar-refractivity contribution in [3.05, 3.63) is 81.8 Å². The molecule has 3 aromatic rings. The number of likely N-dealkylation sites (N-methyl/N-ethyl adjacent to an activating group) is 1. The summed E-state index contributed by atoms with van der Waals surface area (Å²) in [6.45, 7) is 4.21. The Hall–Kier alpha value is -3.03. The van der Waals surface area contributed by atoms with E-state index in [9.17, 15) is 9.59 Å². The molecule has 1 unspecified atom stereocenters. The third kappa shape index (κ3) is 5.75. The van der Waals surface area contributed by atoms with E-state index >= 15 is 0 Å². The average molecular weight is 423 g/mol. The predicted octanol–water partition coefficient (Wildman–Crippen LogP) is 3.54. The number of nitrogens with one attached hydrogen (secondary N) is 2. The van der Waals surface area contributed by atoms with Gasteiger partial charge in [0, 0.05) is 17.3 Å². The largest absolute Gasteiger partial charge is 0.342 e. The maximum absolute atomic E-state index is 12.7. The zero-order valence-corrected chi connectivity index (χ0v) is 18.2. The molecule has 1 atom stereocenters. The van der Waals surface area contributed by atoms with E-state index in [2.05, 4.69) is 15.6 Å². The van der Waals surface area contributed by atoms with Crippen LogP contribution in [0.1, 0.15) is 27.7 Å². The van der Waals surface area contributed by atoms with Crippen LogP contribution in [0.25, 0.3) is 0 Å². The molecule has 0 aliphatic rings. The summed E-state index contributed by atoms with van der Waals surface area (Å²) in [4.78, 5) is 31.1. The highest BCUT2D eigenvalue weighted by atomic mass is 32.1. The highest BCUT2D eigenvalue weighted by Gasteiger charge is 2.20. The lowest BCUT2D eigenvalue weighted by Crippen LogP contribution is -2.40. The predicted molar refractivity (Wildman–Crippen MR) is 121 cm³/mol. The molecule has 0 fully saturated rings. The standard InChI is InChI=1S/C23H26N4O2S/c1-16-8-7-11-19(17(16)2)25-20(28)14-27(3)15-21(29)26-22(23-24-12-13-30-23)18-9-5-4-6-10-18/h4-13,22H,14-15H2,1-3H3,(H,25,28)(H,26,29). The first-order valence-electron chi connectivity index (χ1n) is 9.72. The van der Waals surface area contributed by atoms with Crippen molar-refractivity contribution < 1.29 is 9.59 Å². The van der Waals surface area contributed by atoms with Gasteiger partial charge in [-0.2, -0.15) is 0 Å². The molecule has 156 valence electrons. The molecule has 0 saturated heterocycles. The van der Waals surface area contributed by atoms with Gasteiger partial charge in [-0.3, -0.25) is 14.5 Å². The molecule has 6 nitrogen and oxygen atoms in total. The number of carbonyl (C=O) groups is 2. The van der Waals surface area contributed by atoms with Crippen molar-refractivity contribution in [1.29, 1.82) is 0 Å². The summed E-state index contributed by atoms with van der Waals surface area (Å²) in [5, 5.41) is 8.68. The fraction of sp³-hybridized carbons (Fsp3) is 0.261. The van der Waals surface area contributed by atoms with Crippen molar-refractivity contribution in [1.82, 2.24) is 15.2 Å². The molecule has 0 aliphatic heterocycles. The van der Waals surface area contributed by atoms with Gasteiger partial charge in [0.15, 0.2) is 0 Å².